The fourth-order valence-corrected chi connectivity index (χ4v) is 1.72. The molecule has 0 atom stereocenters. The van der Waals surface area contributed by atoms with Crippen molar-refractivity contribution in [2.45, 2.75) is 33.1 Å². The highest BCUT2D eigenvalue weighted by Crippen LogP contribution is 2.24. The predicted molar refractivity (Wildman–Crippen MR) is 76.6 cm³/mol. The summed E-state index contributed by atoms with van der Waals surface area (Å²) in [5.74, 6) is -0.517. The van der Waals surface area contributed by atoms with Crippen LogP contribution in [0.5, 0.6) is 5.75 Å². The summed E-state index contributed by atoms with van der Waals surface area (Å²) in [6.07, 6.45) is 2.54. The van der Waals surface area contributed by atoms with E-state index in [1.165, 1.54) is 12.1 Å². The van der Waals surface area contributed by atoms with E-state index in [-0.39, 0.29) is 11.0 Å². The van der Waals surface area contributed by atoms with Crippen LogP contribution in [-0.2, 0) is 0 Å². The first-order valence-electron chi connectivity index (χ1n) is 6.52. The highest BCUT2D eigenvalue weighted by Gasteiger charge is 2.15. The molecule has 5 heteroatoms. The molecule has 0 saturated carbocycles. The number of hydrogen-bond acceptors (Lipinski definition) is 4. The number of nitrogens with two attached hydrogens (primary N) is 1. The zero-order chi connectivity index (χ0) is 15.2. The van der Waals surface area contributed by atoms with Gasteiger partial charge < -0.3 is 15.6 Å². The van der Waals surface area contributed by atoms with Crippen LogP contribution in [0.1, 0.15) is 43.5 Å². The van der Waals surface area contributed by atoms with Crippen molar-refractivity contribution >= 4 is 11.7 Å². The minimum atomic E-state index is -1.01. The summed E-state index contributed by atoms with van der Waals surface area (Å²) in [5, 5.41) is 17.7. The Hall–Kier alpha value is -2.22. The van der Waals surface area contributed by atoms with Gasteiger partial charge in [-0.1, -0.05) is 0 Å². The van der Waals surface area contributed by atoms with Crippen LogP contribution in [-0.4, -0.2) is 17.7 Å². The highest BCUT2D eigenvalue weighted by molar-refractivity contribution is 5.89. The second kappa shape index (κ2) is 6.80. The number of carboxylic acids is 1. The van der Waals surface area contributed by atoms with E-state index in [0.717, 1.165) is 19.3 Å². The zero-order valence-corrected chi connectivity index (χ0v) is 11.8. The van der Waals surface area contributed by atoms with E-state index in [9.17, 15) is 4.79 Å². The Morgan fingerprint density at radius 1 is 1.45 bits per heavy atom. The smallest absolute Gasteiger partial charge is 0.335 e. The van der Waals surface area contributed by atoms with E-state index in [1.54, 1.807) is 6.07 Å². The Morgan fingerprint density at radius 3 is 2.70 bits per heavy atom. The second-order valence-electron chi connectivity index (χ2n) is 5.36. The van der Waals surface area contributed by atoms with Crippen LogP contribution in [0.2, 0.25) is 0 Å². The van der Waals surface area contributed by atoms with E-state index < -0.39 is 5.97 Å². The van der Waals surface area contributed by atoms with Gasteiger partial charge in [-0.05, 0) is 51.3 Å². The number of benzene rings is 1. The zero-order valence-electron chi connectivity index (χ0n) is 11.8. The van der Waals surface area contributed by atoms with Gasteiger partial charge in [0, 0.05) is 0 Å². The molecule has 0 unspecified atom stereocenters. The molecule has 0 aliphatic rings. The monoisotopic (exact) mass is 276 g/mol. The fraction of sp³-hybridized carbons (Fsp3) is 0.467. The average Bonchev–Trinajstić information content (AvgIpc) is 2.39. The molecule has 0 radical (unpaired) electrons. The van der Waals surface area contributed by atoms with Crippen molar-refractivity contribution in [2.24, 2.45) is 5.41 Å². The first-order valence-corrected chi connectivity index (χ1v) is 6.52. The van der Waals surface area contributed by atoms with Crippen molar-refractivity contribution < 1.29 is 14.6 Å². The summed E-state index contributed by atoms with van der Waals surface area (Å²) in [7, 11) is 0. The number of nitrogens with zero attached hydrogens (tertiary/aromatic N) is 1. The first kappa shape index (κ1) is 15.8. The molecule has 1 rings (SSSR count). The number of anilines is 1. The van der Waals surface area contributed by atoms with Gasteiger partial charge in [-0.15, -0.1) is 0 Å². The molecule has 108 valence electrons. The van der Waals surface area contributed by atoms with Gasteiger partial charge in [0.25, 0.3) is 0 Å². The van der Waals surface area contributed by atoms with Gasteiger partial charge in [-0.3, -0.25) is 0 Å². The Morgan fingerprint density at radius 2 is 2.15 bits per heavy atom. The van der Waals surface area contributed by atoms with Crippen LogP contribution in [0.25, 0.3) is 0 Å². The van der Waals surface area contributed by atoms with Crippen LogP contribution in [0.3, 0.4) is 0 Å². The maximum absolute atomic E-state index is 10.8. The maximum Gasteiger partial charge on any atom is 0.335 e. The Balaban J connectivity index is 2.40. The highest BCUT2D eigenvalue weighted by atomic mass is 16.5. The van der Waals surface area contributed by atoms with Gasteiger partial charge in [0.15, 0.2) is 0 Å². The minimum absolute atomic E-state index is 0.144. The first-order chi connectivity index (χ1) is 9.35. The number of aromatic carboxylic acids is 1. The molecule has 1 aromatic rings. The summed E-state index contributed by atoms with van der Waals surface area (Å²) in [6, 6.07) is 6.68. The average molecular weight is 276 g/mol. The molecule has 0 fully saturated rings. The normalized spacial score (nSPS) is 10.8. The van der Waals surface area contributed by atoms with Crippen molar-refractivity contribution in [3.8, 4) is 11.8 Å². The van der Waals surface area contributed by atoms with Crippen LogP contribution in [0, 0.1) is 16.7 Å². The lowest BCUT2D eigenvalue weighted by atomic mass is 9.89. The SMILES string of the molecule is CC(C)(C#N)CCCCOc1ccc(C(=O)O)cc1N. The molecule has 0 amide bonds. The lowest BCUT2D eigenvalue weighted by Gasteiger charge is -2.14. The molecule has 0 heterocycles. The van der Waals surface area contributed by atoms with Crippen molar-refractivity contribution in [1.82, 2.24) is 0 Å². The summed E-state index contributed by atoms with van der Waals surface area (Å²) in [6.45, 7) is 4.32. The Kier molecular flexibility index (Phi) is 5.39. The summed E-state index contributed by atoms with van der Waals surface area (Å²) >= 11 is 0. The fourth-order valence-electron chi connectivity index (χ4n) is 1.72. The largest absolute Gasteiger partial charge is 0.491 e. The van der Waals surface area contributed by atoms with Crippen LogP contribution in [0.4, 0.5) is 5.69 Å². The molecule has 3 N–H and O–H groups in total. The molecule has 0 aliphatic carbocycles. The van der Waals surface area contributed by atoms with Crippen LogP contribution in [0.15, 0.2) is 18.2 Å². The molecular weight excluding hydrogens is 256 g/mol. The van der Waals surface area contributed by atoms with Crippen LogP contribution < -0.4 is 10.5 Å². The minimum Gasteiger partial charge on any atom is -0.491 e. The number of hydrogen-bond donors (Lipinski definition) is 2. The maximum atomic E-state index is 10.8. The summed E-state index contributed by atoms with van der Waals surface area (Å²) in [4.78, 5) is 10.8. The van der Waals surface area contributed by atoms with Gasteiger partial charge in [0.1, 0.15) is 5.75 Å². The van der Waals surface area contributed by atoms with Crippen molar-refractivity contribution in [2.75, 3.05) is 12.3 Å². The van der Waals surface area contributed by atoms with E-state index in [4.69, 9.17) is 20.8 Å². The number of rotatable bonds is 7. The number of nitrogen functional groups attached to an aromatic ring is 1. The third-order valence-corrected chi connectivity index (χ3v) is 3.01. The van der Waals surface area contributed by atoms with Gasteiger partial charge in [-0.25, -0.2) is 4.79 Å². The topological polar surface area (TPSA) is 96.3 Å². The Labute approximate surface area is 119 Å². The van der Waals surface area contributed by atoms with Gasteiger partial charge in [0.2, 0.25) is 0 Å². The number of nitriles is 1. The summed E-state index contributed by atoms with van der Waals surface area (Å²) < 4.78 is 5.52. The van der Waals surface area contributed by atoms with Crippen LogP contribution >= 0.6 is 0 Å². The lowest BCUT2D eigenvalue weighted by Crippen LogP contribution is -2.08. The number of carbonyl (C=O) groups is 1. The van der Waals surface area contributed by atoms with Crippen molar-refractivity contribution in [1.29, 1.82) is 5.26 Å². The molecule has 0 aromatic heterocycles. The molecule has 5 nitrogen and oxygen atoms in total. The summed E-state index contributed by atoms with van der Waals surface area (Å²) in [5.41, 5.74) is 5.90. The van der Waals surface area contributed by atoms with Gasteiger partial charge in [0.05, 0.1) is 29.3 Å². The second-order valence-corrected chi connectivity index (χ2v) is 5.36. The number of ether oxygens (including phenoxy) is 1. The number of unbranched alkanes of at least 4 members (excludes halogenated alkanes) is 1. The molecule has 0 bridgehead atoms. The molecule has 0 aliphatic heterocycles. The van der Waals surface area contributed by atoms with E-state index in [0.29, 0.717) is 18.0 Å². The Bertz CT molecular complexity index is 518. The standard InChI is InChI=1S/C15H20N2O3/c1-15(2,10-16)7-3-4-8-20-13-6-5-11(14(18)19)9-12(13)17/h5-6,9H,3-4,7-8,17H2,1-2H3,(H,18,19). The predicted octanol–water partition coefficient (Wildman–Crippen LogP) is 3.07. The molecule has 0 spiro atoms. The molecular formula is C15H20N2O3. The van der Waals surface area contributed by atoms with Crippen molar-refractivity contribution in [3.63, 3.8) is 0 Å². The quantitative estimate of drug-likeness (QED) is 0.589. The van der Waals surface area contributed by atoms with Gasteiger partial charge in [-0.2, -0.15) is 5.26 Å². The molecule has 0 saturated heterocycles. The lowest BCUT2D eigenvalue weighted by molar-refractivity contribution is 0.0697. The molecule has 1 aromatic carbocycles. The van der Waals surface area contributed by atoms with E-state index >= 15 is 0 Å². The van der Waals surface area contributed by atoms with Crippen molar-refractivity contribution in [3.05, 3.63) is 23.8 Å². The molecule has 20 heavy (non-hydrogen) atoms. The number of carboxylic acid groups (broad SMARTS) is 1. The third-order valence-electron chi connectivity index (χ3n) is 3.01. The van der Waals surface area contributed by atoms with E-state index in [2.05, 4.69) is 6.07 Å². The van der Waals surface area contributed by atoms with E-state index in [1.807, 2.05) is 13.8 Å². The van der Waals surface area contributed by atoms with Gasteiger partial charge >= 0.3 is 5.97 Å². The third kappa shape index (κ3) is 4.81.